The van der Waals surface area contributed by atoms with Gasteiger partial charge in [-0.05, 0) is 29.2 Å². The highest BCUT2D eigenvalue weighted by atomic mass is 35.5. The zero-order chi connectivity index (χ0) is 14.4. The van der Waals surface area contributed by atoms with Gasteiger partial charge in [0.2, 0.25) is 5.91 Å². The van der Waals surface area contributed by atoms with Crippen molar-refractivity contribution in [2.75, 3.05) is 13.0 Å². The molecule has 0 unspecified atom stereocenters. The van der Waals surface area contributed by atoms with E-state index in [-0.39, 0.29) is 11.8 Å². The van der Waals surface area contributed by atoms with Crippen LogP contribution in [0.2, 0.25) is 0 Å². The van der Waals surface area contributed by atoms with Crippen LogP contribution in [0.3, 0.4) is 0 Å². The fraction of sp³-hybridized carbons (Fsp3) is 0.286. The van der Waals surface area contributed by atoms with Gasteiger partial charge in [-0.2, -0.15) is 0 Å². The van der Waals surface area contributed by atoms with Gasteiger partial charge in [0.15, 0.2) is 0 Å². The molecular weight excluding hydrogens is 296 g/mol. The third-order valence-corrected chi connectivity index (χ3v) is 3.72. The lowest BCUT2D eigenvalue weighted by molar-refractivity contribution is -0.129. The molecule has 2 aromatic rings. The number of carbonyl (C=O) groups is 1. The minimum absolute atomic E-state index is 0.0201. The van der Waals surface area contributed by atoms with E-state index in [1.165, 1.54) is 11.5 Å². The van der Waals surface area contributed by atoms with Crippen molar-refractivity contribution < 1.29 is 9.53 Å². The van der Waals surface area contributed by atoms with Crippen LogP contribution in [0.15, 0.2) is 35.8 Å². The summed E-state index contributed by atoms with van der Waals surface area (Å²) in [5.41, 5.74) is 2.05. The topological polar surface area (TPSA) is 42.4 Å². The largest absolute Gasteiger partial charge is 0.497 e. The molecule has 1 heterocycles. The van der Waals surface area contributed by atoms with E-state index in [0.29, 0.717) is 13.1 Å². The second-order valence-electron chi connectivity index (χ2n) is 4.26. The summed E-state index contributed by atoms with van der Waals surface area (Å²) in [6, 6.07) is 7.65. The molecule has 1 aromatic carbocycles. The number of aromatic nitrogens is 1. The Morgan fingerprint density at radius 2 is 2.00 bits per heavy atom. The fourth-order valence-corrected chi connectivity index (χ4v) is 2.49. The van der Waals surface area contributed by atoms with Gasteiger partial charge in [-0.25, -0.2) is 4.37 Å². The second-order valence-corrected chi connectivity index (χ2v) is 5.19. The van der Waals surface area contributed by atoms with Crippen molar-refractivity contribution in [2.24, 2.45) is 0 Å². The van der Waals surface area contributed by atoms with Gasteiger partial charge in [-0.1, -0.05) is 12.1 Å². The molecule has 20 heavy (non-hydrogen) atoms. The molecule has 0 bridgehead atoms. The lowest BCUT2D eigenvalue weighted by atomic mass is 10.2. The molecule has 0 N–H and O–H groups in total. The predicted molar refractivity (Wildman–Crippen MR) is 80.1 cm³/mol. The zero-order valence-corrected chi connectivity index (χ0v) is 12.7. The standard InChI is InChI=1S/C14H15ClN2O2S/c1-19-13-4-2-11(3-5-13)8-17(14(18)6-15)9-12-7-16-20-10-12/h2-5,7,10H,6,8-9H2,1H3. The van der Waals surface area contributed by atoms with Crippen molar-refractivity contribution in [2.45, 2.75) is 13.1 Å². The number of hydrogen-bond acceptors (Lipinski definition) is 4. The Hall–Kier alpha value is -1.59. The van der Waals surface area contributed by atoms with Crippen LogP contribution in [0.4, 0.5) is 0 Å². The van der Waals surface area contributed by atoms with Gasteiger partial charge < -0.3 is 9.64 Å². The van der Waals surface area contributed by atoms with Crippen molar-refractivity contribution in [1.82, 2.24) is 9.27 Å². The smallest absolute Gasteiger partial charge is 0.238 e. The number of ether oxygens (including phenoxy) is 1. The number of alkyl halides is 1. The molecule has 4 nitrogen and oxygen atoms in total. The van der Waals surface area contributed by atoms with Crippen molar-refractivity contribution in [3.05, 3.63) is 47.0 Å². The molecule has 1 amide bonds. The molecule has 0 saturated carbocycles. The first-order chi connectivity index (χ1) is 9.72. The van der Waals surface area contributed by atoms with Gasteiger partial charge >= 0.3 is 0 Å². The molecule has 0 radical (unpaired) electrons. The van der Waals surface area contributed by atoms with E-state index in [1.807, 2.05) is 29.6 Å². The number of amides is 1. The van der Waals surface area contributed by atoms with Gasteiger partial charge in [0.25, 0.3) is 0 Å². The maximum Gasteiger partial charge on any atom is 0.238 e. The number of nitrogens with zero attached hydrogens (tertiary/aromatic N) is 2. The summed E-state index contributed by atoms with van der Waals surface area (Å²) in [5, 5.41) is 1.93. The highest BCUT2D eigenvalue weighted by Gasteiger charge is 2.14. The number of hydrogen-bond donors (Lipinski definition) is 0. The van der Waals surface area contributed by atoms with E-state index in [0.717, 1.165) is 16.9 Å². The van der Waals surface area contributed by atoms with E-state index in [1.54, 1.807) is 18.2 Å². The van der Waals surface area contributed by atoms with Crippen molar-refractivity contribution in [1.29, 1.82) is 0 Å². The average molecular weight is 311 g/mol. The third kappa shape index (κ3) is 3.95. The average Bonchev–Trinajstić information content (AvgIpc) is 2.99. The molecule has 2 rings (SSSR count). The summed E-state index contributed by atoms with van der Waals surface area (Å²) in [6.45, 7) is 1.04. The predicted octanol–water partition coefficient (Wildman–Crippen LogP) is 2.92. The highest BCUT2D eigenvalue weighted by Crippen LogP contribution is 2.15. The van der Waals surface area contributed by atoms with Crippen molar-refractivity contribution in [3.63, 3.8) is 0 Å². The maximum absolute atomic E-state index is 11.9. The molecule has 0 spiro atoms. The minimum atomic E-state index is -0.0892. The molecular formula is C14H15ClN2O2S. The van der Waals surface area contributed by atoms with Crippen molar-refractivity contribution >= 4 is 29.0 Å². The Bertz CT molecular complexity index is 543. The molecule has 106 valence electrons. The summed E-state index contributed by atoms with van der Waals surface area (Å²) in [5.74, 6) is 0.688. The van der Waals surface area contributed by atoms with Gasteiger partial charge in [0.05, 0.1) is 7.11 Å². The zero-order valence-electron chi connectivity index (χ0n) is 11.1. The molecule has 0 aliphatic carbocycles. The normalized spacial score (nSPS) is 10.3. The van der Waals surface area contributed by atoms with Crippen LogP contribution >= 0.6 is 23.1 Å². The second kappa shape index (κ2) is 7.26. The highest BCUT2D eigenvalue weighted by molar-refractivity contribution is 7.03. The monoisotopic (exact) mass is 310 g/mol. The van der Waals surface area contributed by atoms with Crippen LogP contribution in [0, 0.1) is 0 Å². The first-order valence-corrected chi connectivity index (χ1v) is 7.45. The van der Waals surface area contributed by atoms with Crippen LogP contribution in [-0.4, -0.2) is 28.2 Å². The first kappa shape index (κ1) is 14.8. The Kier molecular flexibility index (Phi) is 5.38. The Labute approximate surface area is 127 Å². The van der Waals surface area contributed by atoms with E-state index in [4.69, 9.17) is 16.3 Å². The summed E-state index contributed by atoms with van der Waals surface area (Å²) in [6.07, 6.45) is 1.77. The minimum Gasteiger partial charge on any atom is -0.497 e. The fourth-order valence-electron chi connectivity index (χ4n) is 1.79. The lowest BCUT2D eigenvalue weighted by Crippen LogP contribution is -2.30. The van der Waals surface area contributed by atoms with E-state index < -0.39 is 0 Å². The molecule has 1 aromatic heterocycles. The maximum atomic E-state index is 11.9. The van der Waals surface area contributed by atoms with Gasteiger partial charge in [-0.3, -0.25) is 4.79 Å². The molecule has 0 saturated heterocycles. The summed E-state index contributed by atoms with van der Waals surface area (Å²) in [7, 11) is 1.63. The molecule has 0 fully saturated rings. The summed E-state index contributed by atoms with van der Waals surface area (Å²) in [4.78, 5) is 13.6. The number of benzene rings is 1. The Morgan fingerprint density at radius 1 is 1.30 bits per heavy atom. The molecule has 0 aliphatic rings. The Balaban J connectivity index is 2.08. The first-order valence-electron chi connectivity index (χ1n) is 6.08. The number of rotatable bonds is 6. The van der Waals surface area contributed by atoms with Crippen LogP contribution in [0.25, 0.3) is 0 Å². The Morgan fingerprint density at radius 3 is 2.55 bits per heavy atom. The van der Waals surface area contributed by atoms with Crippen molar-refractivity contribution in [3.8, 4) is 5.75 Å². The number of carbonyl (C=O) groups excluding carboxylic acids is 1. The van der Waals surface area contributed by atoms with Gasteiger partial charge in [0, 0.05) is 30.2 Å². The van der Waals surface area contributed by atoms with Crippen LogP contribution in [-0.2, 0) is 17.9 Å². The van der Waals surface area contributed by atoms with Crippen LogP contribution in [0.5, 0.6) is 5.75 Å². The summed E-state index contributed by atoms with van der Waals surface area (Å²) >= 11 is 7.05. The third-order valence-electron chi connectivity index (χ3n) is 2.86. The number of methoxy groups -OCH3 is 1. The van der Waals surface area contributed by atoms with E-state index >= 15 is 0 Å². The van der Waals surface area contributed by atoms with Crippen LogP contribution in [0.1, 0.15) is 11.1 Å². The van der Waals surface area contributed by atoms with E-state index in [2.05, 4.69) is 4.37 Å². The molecule has 0 aliphatic heterocycles. The SMILES string of the molecule is COc1ccc(CN(Cc2cnsc2)C(=O)CCl)cc1. The van der Waals surface area contributed by atoms with E-state index in [9.17, 15) is 4.79 Å². The quantitative estimate of drug-likeness (QED) is 0.770. The van der Waals surface area contributed by atoms with Gasteiger partial charge in [-0.15, -0.1) is 11.6 Å². The van der Waals surface area contributed by atoms with Gasteiger partial charge in [0.1, 0.15) is 11.6 Å². The lowest BCUT2D eigenvalue weighted by Gasteiger charge is -2.21. The number of halogens is 1. The molecule has 0 atom stereocenters. The molecule has 6 heteroatoms. The summed E-state index contributed by atoms with van der Waals surface area (Å²) < 4.78 is 9.16. The van der Waals surface area contributed by atoms with Crippen LogP contribution < -0.4 is 4.74 Å².